The van der Waals surface area contributed by atoms with Crippen LogP contribution in [0.5, 0.6) is 0 Å². The number of benzene rings is 2. The predicted molar refractivity (Wildman–Crippen MR) is 197 cm³/mol. The maximum atomic E-state index is 2.57. The van der Waals surface area contributed by atoms with Crippen LogP contribution in [-0.2, 0) is 32.7 Å². The molecule has 1 radical (unpaired) electrons. The molecule has 0 amide bonds. The molecule has 0 N–H and O–H groups in total. The van der Waals surface area contributed by atoms with Crippen LogP contribution in [-0.4, -0.2) is 0 Å². The molecule has 11 unspecified atom stereocenters. The Morgan fingerprint density at radius 1 is 0.467 bits per heavy atom. The molecule has 0 bridgehead atoms. The Morgan fingerprint density at radius 3 is 1.51 bits per heavy atom. The van der Waals surface area contributed by atoms with Crippen molar-refractivity contribution >= 4 is 0 Å². The molecule has 0 aromatic heterocycles. The van der Waals surface area contributed by atoms with E-state index in [4.69, 9.17) is 0 Å². The number of hydrogen-bond donors (Lipinski definition) is 0. The molecular formula is C44H71Y-. The van der Waals surface area contributed by atoms with Crippen LogP contribution in [0.4, 0.5) is 0 Å². The molecule has 2 aromatic rings. The molecule has 11 atom stereocenters. The van der Waals surface area contributed by atoms with Gasteiger partial charge in [0.05, 0.1) is 0 Å². The summed E-state index contributed by atoms with van der Waals surface area (Å²) in [5.41, 5.74) is 7.18. The number of rotatable bonds is 0. The third-order valence-corrected chi connectivity index (χ3v) is 12.4. The van der Waals surface area contributed by atoms with Crippen LogP contribution in [0.15, 0.2) is 48.5 Å². The predicted octanol–water partition coefficient (Wildman–Crippen LogP) is 14.0. The van der Waals surface area contributed by atoms with Gasteiger partial charge in [-0.05, 0) is 58.8 Å². The van der Waals surface area contributed by atoms with Gasteiger partial charge in [-0.1, -0.05) is 194 Å². The third-order valence-electron chi connectivity index (χ3n) is 12.4. The molecule has 0 aliphatic heterocycles. The normalized spacial score (nSPS) is 36.1. The minimum atomic E-state index is 0. The molecular weight excluding hydrogens is 617 g/mol. The summed E-state index contributed by atoms with van der Waals surface area (Å²) in [7, 11) is 0. The maximum Gasteiger partial charge on any atom is 0 e. The van der Waals surface area contributed by atoms with E-state index in [1.54, 1.807) is 22.3 Å². The second kappa shape index (κ2) is 18.9. The molecule has 0 nitrogen and oxygen atoms in total. The number of fused-ring (bicyclic) bond motifs is 11. The van der Waals surface area contributed by atoms with Gasteiger partial charge < -0.3 is 5.92 Å². The van der Waals surface area contributed by atoms with E-state index in [1.807, 2.05) is 69.2 Å². The summed E-state index contributed by atoms with van der Waals surface area (Å²) >= 11 is 0. The summed E-state index contributed by atoms with van der Waals surface area (Å²) in [5, 5.41) is 0. The monoisotopic (exact) mass is 688 g/mol. The van der Waals surface area contributed by atoms with Gasteiger partial charge in [0.25, 0.3) is 0 Å². The van der Waals surface area contributed by atoms with Crippen molar-refractivity contribution in [3.05, 3.63) is 76.7 Å². The number of hydrogen-bond acceptors (Lipinski definition) is 0. The van der Waals surface area contributed by atoms with Crippen molar-refractivity contribution in [2.24, 2.45) is 41.4 Å². The third kappa shape index (κ3) is 6.50. The van der Waals surface area contributed by atoms with E-state index < -0.39 is 0 Å². The van der Waals surface area contributed by atoms with Crippen molar-refractivity contribution in [3.8, 4) is 0 Å². The first-order chi connectivity index (χ1) is 21.4. The first kappa shape index (κ1) is 40.7. The van der Waals surface area contributed by atoms with Crippen molar-refractivity contribution < 1.29 is 32.7 Å². The van der Waals surface area contributed by atoms with Gasteiger partial charge in [0, 0.05) is 32.7 Å². The molecule has 2 aromatic carbocycles. The molecule has 0 heterocycles. The zero-order valence-corrected chi connectivity index (χ0v) is 33.2. The molecule has 0 spiro atoms. The Morgan fingerprint density at radius 2 is 0.933 bits per heavy atom. The van der Waals surface area contributed by atoms with Crippen LogP contribution in [0.1, 0.15) is 180 Å². The first-order valence-corrected chi connectivity index (χ1v) is 19.5. The maximum absolute atomic E-state index is 2.57. The fourth-order valence-electron chi connectivity index (χ4n) is 12.0. The van der Waals surface area contributed by atoms with Gasteiger partial charge in [0.15, 0.2) is 0 Å². The Kier molecular flexibility index (Phi) is 17.1. The zero-order valence-electron chi connectivity index (χ0n) is 30.4. The Bertz CT molecular complexity index is 1120. The topological polar surface area (TPSA) is 0 Å². The van der Waals surface area contributed by atoms with E-state index in [2.05, 4.69) is 54.4 Å². The van der Waals surface area contributed by atoms with Crippen LogP contribution in [0.2, 0.25) is 0 Å². The molecule has 7 aliphatic rings. The van der Waals surface area contributed by atoms with Gasteiger partial charge in [0.1, 0.15) is 0 Å². The van der Waals surface area contributed by atoms with Crippen LogP contribution < -0.4 is 0 Å². The molecule has 0 saturated heterocycles. The van der Waals surface area contributed by atoms with Crippen molar-refractivity contribution in [2.45, 2.75) is 158 Å². The average molecular weight is 689 g/mol. The fourth-order valence-corrected chi connectivity index (χ4v) is 12.0. The van der Waals surface area contributed by atoms with Gasteiger partial charge in [-0.3, -0.25) is 0 Å². The Balaban J connectivity index is 0.000000542. The van der Waals surface area contributed by atoms with Gasteiger partial charge in [0.2, 0.25) is 0 Å². The largest absolute Gasteiger partial charge is 0.303 e. The van der Waals surface area contributed by atoms with E-state index >= 15 is 0 Å². The average Bonchev–Trinajstić information content (AvgIpc) is 3.64. The first-order valence-electron chi connectivity index (χ1n) is 19.5. The van der Waals surface area contributed by atoms with Crippen LogP contribution >= 0.6 is 0 Å². The smallest absolute Gasteiger partial charge is 0 e. The van der Waals surface area contributed by atoms with Crippen LogP contribution in [0.3, 0.4) is 0 Å². The second-order valence-corrected chi connectivity index (χ2v) is 13.0. The SMILES string of the molecule is C.CC.CC.CC.CC.CC.[Y].c1ccc2c(c1)C1CCCC3[C-]4C5CCCCC5C5c6ccccc6C6CCC(C2C13)C4C65. The van der Waals surface area contributed by atoms with Crippen LogP contribution in [0.25, 0.3) is 0 Å². The van der Waals surface area contributed by atoms with E-state index in [9.17, 15) is 0 Å². The molecule has 45 heavy (non-hydrogen) atoms. The quantitative estimate of drug-likeness (QED) is 0.242. The Labute approximate surface area is 307 Å². The van der Waals surface area contributed by atoms with E-state index in [1.165, 1.54) is 57.8 Å². The zero-order chi connectivity index (χ0) is 31.3. The van der Waals surface area contributed by atoms with Gasteiger partial charge >= 0.3 is 0 Å². The molecule has 251 valence electrons. The summed E-state index contributed by atoms with van der Waals surface area (Å²) in [6, 6.07) is 19.6. The summed E-state index contributed by atoms with van der Waals surface area (Å²) < 4.78 is 0. The van der Waals surface area contributed by atoms with E-state index in [-0.39, 0.29) is 40.1 Å². The van der Waals surface area contributed by atoms with E-state index in [0.29, 0.717) is 0 Å². The van der Waals surface area contributed by atoms with Gasteiger partial charge in [-0.15, -0.1) is 0 Å². The summed E-state index contributed by atoms with van der Waals surface area (Å²) in [6.45, 7) is 20.0. The van der Waals surface area contributed by atoms with Crippen molar-refractivity contribution in [3.63, 3.8) is 0 Å². The minimum Gasteiger partial charge on any atom is -0.303 e. The summed E-state index contributed by atoms with van der Waals surface area (Å²) in [5.74, 6) is 12.3. The molecule has 1 heteroatoms. The van der Waals surface area contributed by atoms with Gasteiger partial charge in [-0.25, -0.2) is 0 Å². The Hall–Kier alpha value is -0.456. The standard InChI is InChI=1S/C33H37.5C2H6.CH4.Y/c1-4-11-21-18(8-1)22-14-7-15-26-29(22)30(21)27-17-16-25-19-9-2-3-10-20(19)28-23-12-5-6-13-24(23)31(26)33(27)32(25)28;5*1-2;;/h1-4,8-11,22-30,32-33H,5-7,12-17H2;5*1-2H3;1H4;/q-1;;;;;;;. The minimum absolute atomic E-state index is 0. The fraction of sp³-hybridized carbons (Fsp3) is 0.705. The van der Waals surface area contributed by atoms with Crippen molar-refractivity contribution in [1.29, 1.82) is 0 Å². The molecule has 5 fully saturated rings. The molecule has 7 aliphatic carbocycles. The molecule has 5 saturated carbocycles. The van der Waals surface area contributed by atoms with Crippen molar-refractivity contribution in [1.82, 2.24) is 0 Å². The van der Waals surface area contributed by atoms with Crippen LogP contribution in [0, 0.1) is 47.3 Å². The molecule has 9 rings (SSSR count). The second-order valence-electron chi connectivity index (χ2n) is 13.0. The van der Waals surface area contributed by atoms with Gasteiger partial charge in [-0.2, -0.15) is 17.8 Å². The summed E-state index contributed by atoms with van der Waals surface area (Å²) in [6.07, 6.45) is 13.4. The summed E-state index contributed by atoms with van der Waals surface area (Å²) in [4.78, 5) is 0. The van der Waals surface area contributed by atoms with E-state index in [0.717, 1.165) is 65.1 Å². The van der Waals surface area contributed by atoms with Crippen molar-refractivity contribution in [2.75, 3.05) is 0 Å².